The van der Waals surface area contributed by atoms with Gasteiger partial charge in [0.05, 0.1) is 6.42 Å². The number of carbonyl (C=O) groups is 3. The summed E-state index contributed by atoms with van der Waals surface area (Å²) in [6.45, 7) is 4.80. The molecule has 4 N–H and O–H groups in total. The molecule has 7 nitrogen and oxygen atoms in total. The van der Waals surface area contributed by atoms with E-state index in [4.69, 9.17) is 10.5 Å². The number of allylic oxidation sites excluding steroid dienone is 10. The third kappa shape index (κ3) is 35.0. The lowest BCUT2D eigenvalue weighted by Crippen LogP contribution is -2.40. The summed E-state index contributed by atoms with van der Waals surface area (Å²) in [6, 6.07) is -0.861. The SMILES string of the molecule is CC/C=C\C/C=C\C/C=C\C/C=C\C/C=C\CC(=O)OC(/C=C\CCCCCCCCC)CCCCCCCCC(=O)NC(CCCN)C(=O)O. The minimum atomic E-state index is -1.01. The van der Waals surface area contributed by atoms with E-state index in [2.05, 4.69) is 79.9 Å². The van der Waals surface area contributed by atoms with Crippen LogP contribution < -0.4 is 11.1 Å². The fourth-order valence-corrected chi connectivity index (χ4v) is 5.49. The number of amides is 1. The number of carboxylic acid groups (broad SMARTS) is 1. The highest BCUT2D eigenvalue weighted by Gasteiger charge is 2.18. The lowest BCUT2D eigenvalue weighted by molar-refractivity contribution is -0.146. The first kappa shape index (κ1) is 47.8. The number of esters is 1. The molecule has 2 atom stereocenters. The molecule has 2 unspecified atom stereocenters. The minimum Gasteiger partial charge on any atom is -0.480 e. The number of rotatable bonds is 35. The second-order valence-corrected chi connectivity index (χ2v) is 13.3. The van der Waals surface area contributed by atoms with Crippen molar-refractivity contribution in [1.29, 1.82) is 0 Å². The van der Waals surface area contributed by atoms with Crippen molar-refractivity contribution in [2.45, 2.75) is 180 Å². The van der Waals surface area contributed by atoms with Gasteiger partial charge in [-0.3, -0.25) is 9.59 Å². The Morgan fingerprint density at radius 1 is 0.627 bits per heavy atom. The van der Waals surface area contributed by atoms with Gasteiger partial charge in [0.15, 0.2) is 0 Å². The fourth-order valence-electron chi connectivity index (χ4n) is 5.49. The fraction of sp³-hybridized carbons (Fsp3) is 0.659. The van der Waals surface area contributed by atoms with Crippen LogP contribution >= 0.6 is 0 Å². The molecule has 51 heavy (non-hydrogen) atoms. The average molecular weight is 711 g/mol. The van der Waals surface area contributed by atoms with Crippen molar-refractivity contribution >= 4 is 17.8 Å². The van der Waals surface area contributed by atoms with Gasteiger partial charge in [0.2, 0.25) is 5.91 Å². The quantitative estimate of drug-likeness (QED) is 0.0342. The van der Waals surface area contributed by atoms with Crippen molar-refractivity contribution in [1.82, 2.24) is 5.32 Å². The van der Waals surface area contributed by atoms with E-state index in [1.54, 1.807) is 0 Å². The number of unbranched alkanes of at least 4 members (excludes halogenated alkanes) is 12. The van der Waals surface area contributed by atoms with Crippen LogP contribution in [0.2, 0.25) is 0 Å². The monoisotopic (exact) mass is 711 g/mol. The Kier molecular flexibility index (Phi) is 35.7. The molecular formula is C44H74N2O5. The largest absolute Gasteiger partial charge is 0.480 e. The Hall–Kier alpha value is -3.19. The highest BCUT2D eigenvalue weighted by molar-refractivity contribution is 5.83. The van der Waals surface area contributed by atoms with Gasteiger partial charge < -0.3 is 20.9 Å². The van der Waals surface area contributed by atoms with Crippen LogP contribution in [0.4, 0.5) is 0 Å². The maximum Gasteiger partial charge on any atom is 0.326 e. The molecule has 290 valence electrons. The van der Waals surface area contributed by atoms with Crippen molar-refractivity contribution in [2.24, 2.45) is 5.73 Å². The third-order valence-corrected chi connectivity index (χ3v) is 8.52. The summed E-state index contributed by atoms with van der Waals surface area (Å²) in [7, 11) is 0. The van der Waals surface area contributed by atoms with Crippen molar-refractivity contribution in [2.75, 3.05) is 6.54 Å². The normalized spacial score (nSPS) is 13.5. The van der Waals surface area contributed by atoms with E-state index in [1.165, 1.54) is 44.9 Å². The summed E-state index contributed by atoms with van der Waals surface area (Å²) in [6.07, 6.45) is 48.3. The molecule has 7 heteroatoms. The van der Waals surface area contributed by atoms with Gasteiger partial charge in [0.1, 0.15) is 12.1 Å². The van der Waals surface area contributed by atoms with Crippen molar-refractivity contribution in [3.63, 3.8) is 0 Å². The number of nitrogens with two attached hydrogens (primary N) is 1. The summed E-state index contributed by atoms with van der Waals surface area (Å²) >= 11 is 0. The molecule has 0 fully saturated rings. The van der Waals surface area contributed by atoms with Gasteiger partial charge in [-0.05, 0) is 89.7 Å². The Morgan fingerprint density at radius 2 is 1.16 bits per heavy atom. The van der Waals surface area contributed by atoms with Gasteiger partial charge in [0.25, 0.3) is 0 Å². The lowest BCUT2D eigenvalue weighted by Gasteiger charge is -2.14. The highest BCUT2D eigenvalue weighted by atomic mass is 16.5. The van der Waals surface area contributed by atoms with E-state index in [0.29, 0.717) is 25.8 Å². The number of hydrogen-bond donors (Lipinski definition) is 3. The molecule has 0 saturated heterocycles. The van der Waals surface area contributed by atoms with Crippen LogP contribution in [0.25, 0.3) is 0 Å². The number of aliphatic carboxylic acids is 1. The third-order valence-electron chi connectivity index (χ3n) is 8.52. The molecule has 0 aromatic carbocycles. The Balaban J connectivity index is 4.47. The van der Waals surface area contributed by atoms with Crippen LogP contribution in [-0.4, -0.2) is 41.6 Å². The van der Waals surface area contributed by atoms with Crippen LogP contribution in [0.5, 0.6) is 0 Å². The predicted molar refractivity (Wildman–Crippen MR) is 215 cm³/mol. The van der Waals surface area contributed by atoms with Crippen LogP contribution in [0.15, 0.2) is 72.9 Å². The predicted octanol–water partition coefficient (Wildman–Crippen LogP) is 11.2. The maximum absolute atomic E-state index is 12.7. The number of carbonyl (C=O) groups excluding carboxylic acids is 2. The zero-order valence-electron chi connectivity index (χ0n) is 32.4. The molecule has 0 spiro atoms. The zero-order chi connectivity index (χ0) is 37.5. The molecule has 0 heterocycles. The molecular weight excluding hydrogens is 636 g/mol. The molecule has 0 bridgehead atoms. The highest BCUT2D eigenvalue weighted by Crippen LogP contribution is 2.15. The molecule has 0 rings (SSSR count). The number of hydrogen-bond acceptors (Lipinski definition) is 5. The van der Waals surface area contributed by atoms with E-state index in [9.17, 15) is 19.5 Å². The minimum absolute atomic E-state index is 0.187. The summed E-state index contributed by atoms with van der Waals surface area (Å²) < 4.78 is 5.88. The first-order valence-electron chi connectivity index (χ1n) is 20.3. The van der Waals surface area contributed by atoms with Crippen LogP contribution in [0, 0.1) is 0 Å². The molecule has 0 radical (unpaired) electrons. The summed E-state index contributed by atoms with van der Waals surface area (Å²) in [5.41, 5.74) is 5.47. The van der Waals surface area contributed by atoms with E-state index in [0.717, 1.165) is 83.5 Å². The smallest absolute Gasteiger partial charge is 0.326 e. The van der Waals surface area contributed by atoms with Gasteiger partial charge in [-0.1, -0.05) is 145 Å². The molecule has 0 aromatic rings. The van der Waals surface area contributed by atoms with Crippen molar-refractivity contribution in [3.05, 3.63) is 72.9 Å². The van der Waals surface area contributed by atoms with E-state index in [-0.39, 0.29) is 24.4 Å². The molecule has 0 aliphatic heterocycles. The number of carboxylic acids is 1. The first-order valence-corrected chi connectivity index (χ1v) is 20.3. The Morgan fingerprint density at radius 3 is 1.73 bits per heavy atom. The van der Waals surface area contributed by atoms with E-state index < -0.39 is 12.0 Å². The van der Waals surface area contributed by atoms with Crippen LogP contribution in [-0.2, 0) is 19.1 Å². The summed E-state index contributed by atoms with van der Waals surface area (Å²) in [4.78, 5) is 36.1. The lowest BCUT2D eigenvalue weighted by atomic mass is 10.0. The zero-order valence-corrected chi connectivity index (χ0v) is 32.4. The second-order valence-electron chi connectivity index (χ2n) is 13.3. The second kappa shape index (κ2) is 38.1. The maximum atomic E-state index is 12.7. The van der Waals surface area contributed by atoms with Gasteiger partial charge in [-0.2, -0.15) is 0 Å². The topological polar surface area (TPSA) is 119 Å². The number of nitrogens with one attached hydrogen (secondary N) is 1. The molecule has 0 aliphatic rings. The van der Waals surface area contributed by atoms with Crippen LogP contribution in [0.1, 0.15) is 168 Å². The molecule has 1 amide bonds. The Labute approximate surface area is 312 Å². The molecule has 0 aromatic heterocycles. The number of ether oxygens (including phenoxy) is 1. The first-order chi connectivity index (χ1) is 24.9. The summed E-state index contributed by atoms with van der Waals surface area (Å²) in [5.74, 6) is -1.41. The van der Waals surface area contributed by atoms with Crippen molar-refractivity contribution in [3.8, 4) is 0 Å². The molecule has 0 aliphatic carbocycles. The van der Waals surface area contributed by atoms with Gasteiger partial charge in [0, 0.05) is 6.42 Å². The standard InChI is InChI=1S/C44H74N2O5/c1-3-5-7-9-11-13-14-15-16-17-18-20-22-28-32-38-43(48)51-40(34-29-25-21-19-12-10-8-6-4-2)35-30-26-23-24-27-31-37-42(47)46-41(44(49)50)36-33-39-45/h5,7,11,13,15-16,18,20,28-29,32,34,40-41H,3-4,6,8-10,12,14,17,19,21-27,30-31,33,35-39,45H2,1-2H3,(H,46,47)(H,49,50)/b7-5-,13-11-,16-15-,20-18-,32-28-,34-29-. The van der Waals surface area contributed by atoms with Crippen molar-refractivity contribution < 1.29 is 24.2 Å². The average Bonchev–Trinajstić information content (AvgIpc) is 3.11. The van der Waals surface area contributed by atoms with Gasteiger partial charge in [-0.25, -0.2) is 4.79 Å². The Bertz CT molecular complexity index is 1030. The molecule has 0 saturated carbocycles. The summed E-state index contributed by atoms with van der Waals surface area (Å²) in [5, 5.41) is 11.9. The van der Waals surface area contributed by atoms with Gasteiger partial charge in [-0.15, -0.1) is 0 Å². The van der Waals surface area contributed by atoms with Gasteiger partial charge >= 0.3 is 11.9 Å². The van der Waals surface area contributed by atoms with E-state index in [1.807, 2.05) is 12.2 Å². The van der Waals surface area contributed by atoms with Crippen LogP contribution in [0.3, 0.4) is 0 Å². The van der Waals surface area contributed by atoms with E-state index >= 15 is 0 Å².